The summed E-state index contributed by atoms with van der Waals surface area (Å²) < 4.78 is 20.7. The van der Waals surface area contributed by atoms with Gasteiger partial charge in [0.1, 0.15) is 0 Å². The smallest absolute Gasteiger partial charge is 0.188 e. The fourth-order valence-electron chi connectivity index (χ4n) is 3.37. The first-order chi connectivity index (χ1) is 17.4. The Balaban J connectivity index is 2.26. The number of allylic oxidation sites excluding steroid dienone is 3. The molecule has 1 unspecified atom stereocenters. The zero-order chi connectivity index (χ0) is 26.5. The summed E-state index contributed by atoms with van der Waals surface area (Å²) >= 11 is 0. The minimum Gasteiger partial charge on any atom is -0.493 e. The lowest BCUT2D eigenvalue weighted by Gasteiger charge is -2.14. The van der Waals surface area contributed by atoms with Crippen molar-refractivity contribution in [1.82, 2.24) is 0 Å². The van der Waals surface area contributed by atoms with Gasteiger partial charge < -0.3 is 29.2 Å². The fourth-order valence-corrected chi connectivity index (χ4v) is 3.37. The molecule has 0 amide bonds. The molecule has 0 fully saturated rings. The molecule has 0 aromatic heterocycles. The molecule has 2 aromatic carbocycles. The van der Waals surface area contributed by atoms with Crippen LogP contribution in [0.2, 0.25) is 0 Å². The minimum atomic E-state index is -1.06. The fraction of sp³-hybridized carbons (Fsp3) is 0.286. The van der Waals surface area contributed by atoms with Crippen LogP contribution in [0.25, 0.3) is 12.2 Å². The zero-order valence-electron chi connectivity index (χ0n) is 20.7. The van der Waals surface area contributed by atoms with Crippen LogP contribution in [0.1, 0.15) is 28.7 Å². The molecule has 0 bridgehead atoms. The Kier molecular flexibility index (Phi) is 11.6. The molecule has 1 atom stereocenters. The topological polar surface area (TPSA) is 112 Å². The number of aliphatic hydroxyl groups is 2. The van der Waals surface area contributed by atoms with Crippen molar-refractivity contribution in [3.63, 3.8) is 0 Å². The highest BCUT2D eigenvalue weighted by molar-refractivity contribution is 6.13. The summed E-state index contributed by atoms with van der Waals surface area (Å²) in [5, 5.41) is 18.9. The average molecular weight is 497 g/mol. The van der Waals surface area contributed by atoms with Gasteiger partial charge >= 0.3 is 0 Å². The Morgan fingerprint density at radius 2 is 1.44 bits per heavy atom. The summed E-state index contributed by atoms with van der Waals surface area (Å²) in [6.45, 7) is 3.28. The van der Waals surface area contributed by atoms with Crippen molar-refractivity contribution in [2.75, 3.05) is 28.1 Å². The highest BCUT2D eigenvalue weighted by Gasteiger charge is 2.24. The maximum absolute atomic E-state index is 13.1. The summed E-state index contributed by atoms with van der Waals surface area (Å²) in [6.07, 6.45) is 5.77. The second-order valence-corrected chi connectivity index (χ2v) is 7.78. The molecule has 8 nitrogen and oxygen atoms in total. The number of aliphatic hydroxyl groups excluding tert-OH is 2. The Bertz CT molecular complexity index is 1040. The van der Waals surface area contributed by atoms with E-state index in [1.165, 1.54) is 33.5 Å². The predicted molar refractivity (Wildman–Crippen MR) is 136 cm³/mol. The summed E-state index contributed by atoms with van der Waals surface area (Å²) in [7, 11) is 4.51. The van der Waals surface area contributed by atoms with Crippen LogP contribution in [-0.2, 0) is 32.3 Å². The van der Waals surface area contributed by atoms with Gasteiger partial charge in [0, 0.05) is 13.5 Å². The first-order valence-electron chi connectivity index (χ1n) is 11.2. The Labute approximate surface area is 211 Å². The van der Waals surface area contributed by atoms with Crippen molar-refractivity contribution in [3.05, 3.63) is 83.1 Å². The van der Waals surface area contributed by atoms with Crippen LogP contribution in [0.4, 0.5) is 0 Å². The van der Waals surface area contributed by atoms with Gasteiger partial charge in [0.05, 0.1) is 39.1 Å². The Hall–Kier alpha value is -3.72. The molecule has 8 heteroatoms. The van der Waals surface area contributed by atoms with Gasteiger partial charge in [-0.05, 0) is 52.6 Å². The van der Waals surface area contributed by atoms with E-state index >= 15 is 0 Å². The SMILES string of the molecule is C=C(CC(C(=O)/C=C/c1ccc(CO)c(CO)c1)C(=O)/C=C/c1ccc(OC)c(OC)c1)OCOC. The number of hydrogen-bond acceptors (Lipinski definition) is 8. The van der Waals surface area contributed by atoms with E-state index in [0.717, 1.165) is 0 Å². The van der Waals surface area contributed by atoms with Gasteiger partial charge in [-0.1, -0.05) is 36.9 Å². The van der Waals surface area contributed by atoms with Gasteiger partial charge in [0.2, 0.25) is 0 Å². The lowest BCUT2D eigenvalue weighted by molar-refractivity contribution is -0.127. The number of benzene rings is 2. The number of carbonyl (C=O) groups is 2. The van der Waals surface area contributed by atoms with Crippen LogP contribution in [-0.4, -0.2) is 49.9 Å². The molecule has 2 N–H and O–H groups in total. The molecular formula is C28H32O8. The van der Waals surface area contributed by atoms with E-state index in [1.807, 2.05) is 0 Å². The maximum atomic E-state index is 13.1. The van der Waals surface area contributed by atoms with Crippen LogP contribution in [0.5, 0.6) is 11.5 Å². The van der Waals surface area contributed by atoms with E-state index in [1.54, 1.807) is 48.6 Å². The van der Waals surface area contributed by atoms with Crippen LogP contribution in [0.15, 0.2) is 60.9 Å². The number of rotatable bonds is 15. The molecular weight excluding hydrogens is 464 g/mol. The first kappa shape index (κ1) is 28.5. The van der Waals surface area contributed by atoms with E-state index < -0.39 is 17.5 Å². The first-order valence-corrected chi connectivity index (χ1v) is 11.2. The van der Waals surface area contributed by atoms with Crippen LogP contribution in [0.3, 0.4) is 0 Å². The van der Waals surface area contributed by atoms with Gasteiger partial charge in [-0.25, -0.2) is 0 Å². The molecule has 0 radical (unpaired) electrons. The van der Waals surface area contributed by atoms with Gasteiger partial charge in [0.15, 0.2) is 29.9 Å². The predicted octanol–water partition coefficient (Wildman–Crippen LogP) is 3.69. The lowest BCUT2D eigenvalue weighted by atomic mass is 9.92. The monoisotopic (exact) mass is 496 g/mol. The molecule has 0 aliphatic carbocycles. The molecule has 0 heterocycles. The van der Waals surface area contributed by atoms with Crippen LogP contribution in [0, 0.1) is 5.92 Å². The van der Waals surface area contributed by atoms with E-state index in [2.05, 4.69) is 6.58 Å². The van der Waals surface area contributed by atoms with Crippen LogP contribution < -0.4 is 9.47 Å². The van der Waals surface area contributed by atoms with E-state index in [-0.39, 0.29) is 32.2 Å². The third-order valence-electron chi connectivity index (χ3n) is 5.36. The Morgan fingerprint density at radius 1 is 0.861 bits per heavy atom. The third kappa shape index (κ3) is 8.20. The highest BCUT2D eigenvalue weighted by atomic mass is 16.7. The van der Waals surface area contributed by atoms with Crippen LogP contribution >= 0.6 is 0 Å². The lowest BCUT2D eigenvalue weighted by Crippen LogP contribution is -2.22. The van der Waals surface area contributed by atoms with Gasteiger partial charge in [-0.2, -0.15) is 0 Å². The third-order valence-corrected chi connectivity index (χ3v) is 5.36. The number of hydrogen-bond donors (Lipinski definition) is 2. The number of ketones is 2. The summed E-state index contributed by atoms with van der Waals surface area (Å²) in [6, 6.07) is 10.3. The molecule has 0 saturated heterocycles. The summed E-state index contributed by atoms with van der Waals surface area (Å²) in [4.78, 5) is 26.1. The molecule has 0 aliphatic rings. The highest BCUT2D eigenvalue weighted by Crippen LogP contribution is 2.28. The minimum absolute atomic E-state index is 0.0209. The van der Waals surface area contributed by atoms with Gasteiger partial charge in [-0.3, -0.25) is 9.59 Å². The molecule has 0 spiro atoms. The standard InChI is InChI=1S/C28H32O8/c1-19(36-18-33-2)13-24(25(31)10-6-20-5-9-22(16-29)23(14-20)17-30)26(32)11-7-21-8-12-27(34-3)28(15-21)35-4/h5-12,14-15,24,29-30H,1,13,16-18H2,2-4H3/b10-6+,11-7+. The van der Waals surface area contributed by atoms with Gasteiger partial charge in [-0.15, -0.1) is 0 Å². The molecule has 0 saturated carbocycles. The van der Waals surface area contributed by atoms with E-state index in [4.69, 9.17) is 18.9 Å². The van der Waals surface area contributed by atoms with Crippen molar-refractivity contribution in [2.24, 2.45) is 5.92 Å². The van der Waals surface area contributed by atoms with Crippen molar-refractivity contribution >= 4 is 23.7 Å². The molecule has 192 valence electrons. The molecule has 0 aliphatic heterocycles. The number of carbonyl (C=O) groups excluding carboxylic acids is 2. The molecule has 2 aromatic rings. The van der Waals surface area contributed by atoms with Crippen molar-refractivity contribution in [1.29, 1.82) is 0 Å². The quantitative estimate of drug-likeness (QED) is 0.166. The molecule has 2 rings (SSSR count). The normalized spacial score (nSPS) is 12.0. The largest absolute Gasteiger partial charge is 0.493 e. The summed E-state index contributed by atoms with van der Waals surface area (Å²) in [5.74, 6) is -0.604. The maximum Gasteiger partial charge on any atom is 0.188 e. The van der Waals surface area contributed by atoms with Crippen molar-refractivity contribution < 1.29 is 38.7 Å². The Morgan fingerprint density at radius 3 is 2.00 bits per heavy atom. The van der Waals surface area contributed by atoms with Gasteiger partial charge in [0.25, 0.3) is 0 Å². The number of methoxy groups -OCH3 is 3. The van der Waals surface area contributed by atoms with E-state index in [0.29, 0.717) is 33.8 Å². The summed E-state index contributed by atoms with van der Waals surface area (Å²) in [5.41, 5.74) is 2.49. The second-order valence-electron chi connectivity index (χ2n) is 7.78. The average Bonchev–Trinajstić information content (AvgIpc) is 2.91. The second kappa shape index (κ2) is 14.6. The van der Waals surface area contributed by atoms with Crippen molar-refractivity contribution in [3.8, 4) is 11.5 Å². The molecule has 36 heavy (non-hydrogen) atoms. The van der Waals surface area contributed by atoms with E-state index in [9.17, 15) is 19.8 Å². The van der Waals surface area contributed by atoms with Crippen molar-refractivity contribution in [2.45, 2.75) is 19.6 Å². The zero-order valence-corrected chi connectivity index (χ0v) is 20.7. The number of ether oxygens (including phenoxy) is 4.